The number of pyridine rings is 1. The van der Waals surface area contributed by atoms with E-state index < -0.39 is 5.54 Å². The maximum atomic E-state index is 12.1. The minimum absolute atomic E-state index is 0.0505. The second kappa shape index (κ2) is 5.77. The molecule has 1 heterocycles. The Morgan fingerprint density at radius 1 is 1.47 bits per heavy atom. The number of hydrogen-bond donors (Lipinski definition) is 2. The van der Waals surface area contributed by atoms with Gasteiger partial charge < -0.3 is 10.4 Å². The van der Waals surface area contributed by atoms with Gasteiger partial charge >= 0.3 is 0 Å². The van der Waals surface area contributed by atoms with Crippen LogP contribution in [-0.4, -0.2) is 28.1 Å². The third kappa shape index (κ3) is 3.03. The molecule has 0 aliphatic heterocycles. The predicted molar refractivity (Wildman–Crippen MR) is 66.8 cm³/mol. The molecule has 94 valence electrons. The molecule has 1 aromatic heterocycles. The fraction of sp³-hybridized carbons (Fsp3) is 0.538. The number of nitrogens with zero attached hydrogens (tertiary/aromatic N) is 1. The molecule has 1 rings (SSSR count). The van der Waals surface area contributed by atoms with E-state index >= 15 is 0 Å². The van der Waals surface area contributed by atoms with Crippen LogP contribution in [0.1, 0.15) is 42.7 Å². The Balaban J connectivity index is 2.89. The molecule has 0 aliphatic carbocycles. The summed E-state index contributed by atoms with van der Waals surface area (Å²) in [6.45, 7) is 5.66. The van der Waals surface area contributed by atoms with Gasteiger partial charge in [0, 0.05) is 11.9 Å². The van der Waals surface area contributed by atoms with Crippen LogP contribution in [0.3, 0.4) is 0 Å². The van der Waals surface area contributed by atoms with E-state index in [1.807, 2.05) is 13.8 Å². The number of carbonyl (C=O) groups is 1. The average molecular weight is 236 g/mol. The smallest absolute Gasteiger partial charge is 0.253 e. The third-order valence-electron chi connectivity index (χ3n) is 3.29. The molecule has 1 aromatic rings. The Labute approximate surface area is 102 Å². The van der Waals surface area contributed by atoms with Gasteiger partial charge in [-0.05, 0) is 31.9 Å². The largest absolute Gasteiger partial charge is 0.394 e. The van der Waals surface area contributed by atoms with Gasteiger partial charge in [-0.1, -0.05) is 13.8 Å². The summed E-state index contributed by atoms with van der Waals surface area (Å²) in [5, 5.41) is 12.3. The molecule has 0 aliphatic rings. The van der Waals surface area contributed by atoms with Crippen LogP contribution < -0.4 is 5.32 Å². The van der Waals surface area contributed by atoms with Crippen molar-refractivity contribution < 1.29 is 9.90 Å². The Morgan fingerprint density at radius 3 is 2.59 bits per heavy atom. The zero-order valence-electron chi connectivity index (χ0n) is 10.7. The van der Waals surface area contributed by atoms with E-state index in [-0.39, 0.29) is 12.5 Å². The first-order valence-electron chi connectivity index (χ1n) is 5.93. The maximum Gasteiger partial charge on any atom is 0.253 e. The molecule has 0 unspecified atom stereocenters. The summed E-state index contributed by atoms with van der Waals surface area (Å²) in [5.74, 6) is -0.173. The highest BCUT2D eigenvalue weighted by Crippen LogP contribution is 2.15. The molecule has 0 bridgehead atoms. The van der Waals surface area contributed by atoms with E-state index in [9.17, 15) is 9.90 Å². The maximum absolute atomic E-state index is 12.1. The number of aryl methyl sites for hydroxylation is 1. The van der Waals surface area contributed by atoms with Crippen molar-refractivity contribution in [3.05, 3.63) is 29.6 Å². The quantitative estimate of drug-likeness (QED) is 0.817. The number of amides is 1. The minimum atomic E-state index is -0.528. The number of aliphatic hydroxyl groups is 1. The van der Waals surface area contributed by atoms with Crippen molar-refractivity contribution in [3.63, 3.8) is 0 Å². The first-order valence-corrected chi connectivity index (χ1v) is 5.93. The van der Waals surface area contributed by atoms with Gasteiger partial charge in [-0.25, -0.2) is 0 Å². The monoisotopic (exact) mass is 236 g/mol. The van der Waals surface area contributed by atoms with Crippen molar-refractivity contribution in [2.75, 3.05) is 6.61 Å². The summed E-state index contributed by atoms with van der Waals surface area (Å²) in [4.78, 5) is 16.2. The molecule has 1 amide bonds. The van der Waals surface area contributed by atoms with Crippen molar-refractivity contribution in [2.24, 2.45) is 0 Å². The molecule has 17 heavy (non-hydrogen) atoms. The second-order valence-corrected chi connectivity index (χ2v) is 4.24. The summed E-state index contributed by atoms with van der Waals surface area (Å²) >= 11 is 0. The van der Waals surface area contributed by atoms with E-state index in [0.717, 1.165) is 0 Å². The van der Waals surface area contributed by atoms with Crippen LogP contribution in [0, 0.1) is 6.92 Å². The second-order valence-electron chi connectivity index (χ2n) is 4.24. The van der Waals surface area contributed by atoms with Crippen molar-refractivity contribution in [2.45, 2.75) is 39.2 Å². The van der Waals surface area contributed by atoms with Gasteiger partial charge in [-0.3, -0.25) is 9.78 Å². The number of nitrogens with one attached hydrogen (secondary N) is 1. The summed E-state index contributed by atoms with van der Waals surface area (Å²) in [5.41, 5.74) is 0.732. The van der Waals surface area contributed by atoms with Gasteiger partial charge in [-0.2, -0.15) is 0 Å². The number of hydrogen-bond acceptors (Lipinski definition) is 3. The summed E-state index contributed by atoms with van der Waals surface area (Å²) in [6, 6.07) is 3.48. The molecule has 0 atom stereocenters. The molecule has 2 N–H and O–H groups in total. The topological polar surface area (TPSA) is 62.2 Å². The SMILES string of the molecule is CCC(CC)(CO)NC(=O)c1cccnc1C. The molecular weight excluding hydrogens is 216 g/mol. The third-order valence-corrected chi connectivity index (χ3v) is 3.29. The number of aromatic nitrogens is 1. The molecular formula is C13H20N2O2. The number of carbonyl (C=O) groups excluding carboxylic acids is 1. The molecule has 4 heteroatoms. The minimum Gasteiger partial charge on any atom is -0.394 e. The van der Waals surface area contributed by atoms with Crippen molar-refractivity contribution >= 4 is 5.91 Å². The first kappa shape index (κ1) is 13.6. The normalized spacial score (nSPS) is 11.3. The Kier molecular flexibility index (Phi) is 4.63. The van der Waals surface area contributed by atoms with Crippen LogP contribution in [0.25, 0.3) is 0 Å². The highest BCUT2D eigenvalue weighted by Gasteiger charge is 2.28. The Morgan fingerprint density at radius 2 is 2.12 bits per heavy atom. The zero-order chi connectivity index (χ0) is 12.9. The predicted octanol–water partition coefficient (Wildman–Crippen LogP) is 1.67. The fourth-order valence-electron chi connectivity index (χ4n) is 1.72. The van der Waals surface area contributed by atoms with E-state index in [4.69, 9.17) is 0 Å². The molecule has 0 radical (unpaired) electrons. The van der Waals surface area contributed by atoms with Crippen LogP contribution in [-0.2, 0) is 0 Å². The lowest BCUT2D eigenvalue weighted by atomic mass is 9.93. The highest BCUT2D eigenvalue weighted by molar-refractivity contribution is 5.95. The lowest BCUT2D eigenvalue weighted by Crippen LogP contribution is -2.50. The highest BCUT2D eigenvalue weighted by atomic mass is 16.3. The lowest BCUT2D eigenvalue weighted by molar-refractivity contribution is 0.0817. The Hall–Kier alpha value is -1.42. The lowest BCUT2D eigenvalue weighted by Gasteiger charge is -2.30. The molecule has 0 fully saturated rings. The van der Waals surface area contributed by atoms with Gasteiger partial charge in [0.25, 0.3) is 5.91 Å². The molecule has 0 saturated heterocycles. The zero-order valence-corrected chi connectivity index (χ0v) is 10.7. The summed E-state index contributed by atoms with van der Waals surface area (Å²) in [6.07, 6.45) is 3.06. The Bertz CT molecular complexity index is 378. The average Bonchev–Trinajstić information content (AvgIpc) is 2.36. The van der Waals surface area contributed by atoms with Crippen molar-refractivity contribution in [1.29, 1.82) is 0 Å². The summed E-state index contributed by atoms with van der Waals surface area (Å²) in [7, 11) is 0. The van der Waals surface area contributed by atoms with Gasteiger partial charge in [0.15, 0.2) is 0 Å². The van der Waals surface area contributed by atoms with Gasteiger partial charge in [-0.15, -0.1) is 0 Å². The van der Waals surface area contributed by atoms with Crippen LogP contribution in [0.5, 0.6) is 0 Å². The van der Waals surface area contributed by atoms with Crippen molar-refractivity contribution in [1.82, 2.24) is 10.3 Å². The van der Waals surface area contributed by atoms with Crippen molar-refractivity contribution in [3.8, 4) is 0 Å². The molecule has 4 nitrogen and oxygen atoms in total. The van der Waals surface area contributed by atoms with E-state index in [0.29, 0.717) is 24.1 Å². The van der Waals surface area contributed by atoms with Gasteiger partial charge in [0.05, 0.1) is 17.7 Å². The molecule has 0 saturated carbocycles. The van der Waals surface area contributed by atoms with E-state index in [1.54, 1.807) is 25.3 Å². The first-order chi connectivity index (χ1) is 8.08. The standard InChI is InChI=1S/C13H20N2O2/c1-4-13(5-2,9-16)15-12(17)11-7-6-8-14-10(11)3/h6-8,16H,4-5,9H2,1-3H3,(H,15,17). The fourth-order valence-corrected chi connectivity index (χ4v) is 1.72. The molecule has 0 aromatic carbocycles. The van der Waals surface area contributed by atoms with Crippen LogP contribution in [0.15, 0.2) is 18.3 Å². The van der Waals surface area contributed by atoms with Gasteiger partial charge in [0.1, 0.15) is 0 Å². The number of aliphatic hydroxyl groups excluding tert-OH is 1. The van der Waals surface area contributed by atoms with Crippen LogP contribution in [0.2, 0.25) is 0 Å². The molecule has 0 spiro atoms. The van der Waals surface area contributed by atoms with E-state index in [1.165, 1.54) is 0 Å². The van der Waals surface area contributed by atoms with E-state index in [2.05, 4.69) is 10.3 Å². The van der Waals surface area contributed by atoms with Crippen LogP contribution in [0.4, 0.5) is 0 Å². The van der Waals surface area contributed by atoms with Gasteiger partial charge in [0.2, 0.25) is 0 Å². The van der Waals surface area contributed by atoms with Crippen LogP contribution >= 0.6 is 0 Å². The number of rotatable bonds is 5. The summed E-state index contributed by atoms with van der Waals surface area (Å²) < 4.78 is 0.